The molecule has 0 aliphatic heterocycles. The molecule has 0 saturated carbocycles. The largest absolute Gasteiger partial charge is 0.354 e. The average molecular weight is 449 g/mol. The van der Waals surface area contributed by atoms with E-state index in [1.54, 1.807) is 0 Å². The second-order valence-electron chi connectivity index (χ2n) is 8.28. The Morgan fingerprint density at radius 3 is 1.03 bits per heavy atom. The van der Waals surface area contributed by atoms with Gasteiger partial charge in [-0.3, -0.25) is 0 Å². The molecule has 0 heterocycles. The molecule has 0 aromatic rings. The van der Waals surface area contributed by atoms with Crippen LogP contribution in [0.15, 0.2) is 0 Å². The monoisotopic (exact) mass is 448 g/mol. The minimum Gasteiger partial charge on any atom is -0.354 e. The van der Waals surface area contributed by atoms with Crippen molar-refractivity contribution in [1.29, 1.82) is 0 Å². The van der Waals surface area contributed by atoms with Gasteiger partial charge in [0.15, 0.2) is 0 Å². The molecule has 0 amide bonds. The van der Waals surface area contributed by atoms with Gasteiger partial charge in [0.1, 0.15) is 10.8 Å². The first-order chi connectivity index (χ1) is 14.1. The lowest BCUT2D eigenvalue weighted by atomic mass is 10.3. The van der Waals surface area contributed by atoms with Gasteiger partial charge in [-0.05, 0) is 38.5 Å². The van der Waals surface area contributed by atoms with Crippen LogP contribution in [0.2, 0.25) is 12.1 Å². The minimum absolute atomic E-state index is 0.236. The van der Waals surface area contributed by atoms with Crippen LogP contribution < -0.4 is 0 Å². The van der Waals surface area contributed by atoms with Crippen LogP contribution in [0.5, 0.6) is 0 Å². The van der Waals surface area contributed by atoms with Crippen LogP contribution in [-0.4, -0.2) is 56.3 Å². The molecule has 176 valence electrons. The minimum atomic E-state index is -0.444. The molecule has 0 aromatic heterocycles. The van der Waals surface area contributed by atoms with E-state index in [0.717, 1.165) is 77.8 Å². The van der Waals surface area contributed by atoms with Crippen molar-refractivity contribution in [2.75, 3.05) is 26.4 Å². The highest BCUT2D eigenvalue weighted by molar-refractivity contribution is 6.41. The molecule has 0 unspecified atom stereocenters. The van der Waals surface area contributed by atoms with Crippen molar-refractivity contribution >= 4 is 19.0 Å². The molecule has 0 aromatic carbocycles. The summed E-state index contributed by atoms with van der Waals surface area (Å²) >= 11 is 0. The molecule has 0 aliphatic rings. The maximum Gasteiger partial charge on any atom is 0.144 e. The number of ether oxygens (including phenoxy) is 4. The zero-order valence-electron chi connectivity index (χ0n) is 20.7. The molecular weight excluding hydrogens is 396 g/mol. The summed E-state index contributed by atoms with van der Waals surface area (Å²) in [6.07, 6.45) is 9.89. The summed E-state index contributed by atoms with van der Waals surface area (Å²) in [5.41, 5.74) is -0.472. The van der Waals surface area contributed by atoms with Crippen LogP contribution in [0.25, 0.3) is 0 Å². The lowest BCUT2D eigenvalue weighted by molar-refractivity contribution is -0.185. The normalized spacial score (nSPS) is 13.4. The second-order valence-corrected chi connectivity index (χ2v) is 12.8. The summed E-state index contributed by atoms with van der Waals surface area (Å²) < 4.78 is 25.3. The highest BCUT2D eigenvalue weighted by atomic mass is 28.2. The number of rotatable bonds is 22. The van der Waals surface area contributed by atoms with Crippen molar-refractivity contribution in [3.8, 4) is 0 Å². The molecule has 0 saturated heterocycles. The number of hydrogen-bond acceptors (Lipinski definition) is 4. The Kier molecular flexibility index (Phi) is 19.2. The third-order valence-corrected chi connectivity index (χ3v) is 9.91. The summed E-state index contributed by atoms with van der Waals surface area (Å²) in [6.45, 7) is 16.5. The van der Waals surface area contributed by atoms with E-state index >= 15 is 0 Å². The Morgan fingerprint density at radius 2 is 0.793 bits per heavy atom. The molecule has 6 heteroatoms. The van der Waals surface area contributed by atoms with E-state index in [0.29, 0.717) is 0 Å². The predicted molar refractivity (Wildman–Crippen MR) is 132 cm³/mol. The van der Waals surface area contributed by atoms with E-state index in [1.807, 2.05) is 0 Å². The third kappa shape index (κ3) is 13.3. The van der Waals surface area contributed by atoms with E-state index in [1.165, 1.54) is 18.5 Å². The summed E-state index contributed by atoms with van der Waals surface area (Å²) in [5.74, 6) is 0. The Labute approximate surface area is 186 Å². The summed E-state index contributed by atoms with van der Waals surface area (Å²) in [6, 6.07) is 2.59. The maximum absolute atomic E-state index is 6.32. The van der Waals surface area contributed by atoms with E-state index in [9.17, 15) is 0 Å². The lowest BCUT2D eigenvalue weighted by Gasteiger charge is -2.35. The molecule has 0 spiro atoms. The molecule has 29 heavy (non-hydrogen) atoms. The van der Waals surface area contributed by atoms with Crippen molar-refractivity contribution in [3.05, 3.63) is 0 Å². The number of hydrogen-bond donors (Lipinski definition) is 0. The second kappa shape index (κ2) is 19.0. The van der Waals surface area contributed by atoms with Crippen LogP contribution >= 0.6 is 0 Å². The summed E-state index contributed by atoms with van der Waals surface area (Å²) in [7, 11) is -0.889. The zero-order chi connectivity index (χ0) is 21.8. The third-order valence-electron chi connectivity index (χ3n) is 5.15. The van der Waals surface area contributed by atoms with Gasteiger partial charge < -0.3 is 18.9 Å². The molecule has 0 fully saturated rings. The topological polar surface area (TPSA) is 36.9 Å². The van der Waals surface area contributed by atoms with Gasteiger partial charge in [0, 0.05) is 26.4 Å². The van der Waals surface area contributed by atoms with Crippen molar-refractivity contribution in [1.82, 2.24) is 0 Å². The van der Waals surface area contributed by atoms with Crippen LogP contribution in [0, 0.1) is 0 Å². The van der Waals surface area contributed by atoms with Crippen molar-refractivity contribution in [2.24, 2.45) is 0 Å². The Balaban J connectivity index is 4.72. The molecule has 0 N–H and O–H groups in total. The van der Waals surface area contributed by atoms with Crippen molar-refractivity contribution in [2.45, 2.75) is 122 Å². The van der Waals surface area contributed by atoms with Gasteiger partial charge in [0.05, 0.1) is 19.0 Å². The Morgan fingerprint density at radius 1 is 0.483 bits per heavy atom. The van der Waals surface area contributed by atoms with Crippen LogP contribution in [0.4, 0.5) is 0 Å². The fourth-order valence-corrected chi connectivity index (χ4v) is 9.14. The van der Waals surface area contributed by atoms with E-state index in [4.69, 9.17) is 18.9 Å². The highest BCUT2D eigenvalue weighted by Crippen LogP contribution is 2.25. The molecule has 0 radical (unpaired) electrons. The Hall–Kier alpha value is 0.274. The molecule has 0 atom stereocenters. The summed E-state index contributed by atoms with van der Waals surface area (Å²) in [4.78, 5) is 0. The van der Waals surface area contributed by atoms with Gasteiger partial charge in [-0.15, -0.1) is 0 Å². The van der Waals surface area contributed by atoms with Crippen LogP contribution in [-0.2, 0) is 18.9 Å². The first kappa shape index (κ1) is 29.3. The summed E-state index contributed by atoms with van der Waals surface area (Å²) in [5, 5.41) is 0. The smallest absolute Gasteiger partial charge is 0.144 e. The van der Waals surface area contributed by atoms with Gasteiger partial charge in [-0.2, -0.15) is 0 Å². The standard InChI is InChI=1S/C23H52O4Si2/c1-7-14-22(24-16-9-3,25-17-10-4)28-20-13-21-29-23(15-8-2,26-18-11-5)27-19-12-6/h7-21,28-29H2,1-6H3. The van der Waals surface area contributed by atoms with Crippen molar-refractivity contribution in [3.63, 3.8) is 0 Å². The quantitative estimate of drug-likeness (QED) is 0.130. The van der Waals surface area contributed by atoms with Gasteiger partial charge in [-0.1, -0.05) is 72.9 Å². The zero-order valence-corrected chi connectivity index (χ0v) is 23.5. The molecule has 0 bridgehead atoms. The molecule has 4 nitrogen and oxygen atoms in total. The van der Waals surface area contributed by atoms with E-state index < -0.39 is 19.0 Å². The average Bonchev–Trinajstić information content (AvgIpc) is 2.73. The first-order valence-corrected chi connectivity index (χ1v) is 16.0. The van der Waals surface area contributed by atoms with Gasteiger partial charge >= 0.3 is 0 Å². The highest BCUT2D eigenvalue weighted by Gasteiger charge is 2.32. The maximum atomic E-state index is 6.32. The van der Waals surface area contributed by atoms with E-state index in [2.05, 4.69) is 41.5 Å². The van der Waals surface area contributed by atoms with E-state index in [-0.39, 0.29) is 10.8 Å². The Bertz CT molecular complexity index is 308. The van der Waals surface area contributed by atoms with Crippen molar-refractivity contribution < 1.29 is 18.9 Å². The predicted octanol–water partition coefficient (Wildman–Crippen LogP) is 5.16. The molecule has 0 aliphatic carbocycles. The molecule has 0 rings (SSSR count). The SMILES string of the molecule is CCCOC(CCC)(OCCC)[SiH2]CCC[SiH2]C(CCC)(OCCC)OCCC. The van der Waals surface area contributed by atoms with Gasteiger partial charge in [0.2, 0.25) is 0 Å². The van der Waals surface area contributed by atoms with Crippen LogP contribution in [0.1, 0.15) is 99.3 Å². The fraction of sp³-hybridized carbons (Fsp3) is 1.00. The van der Waals surface area contributed by atoms with Gasteiger partial charge in [0.25, 0.3) is 0 Å². The van der Waals surface area contributed by atoms with Crippen LogP contribution in [0.3, 0.4) is 0 Å². The fourth-order valence-electron chi connectivity index (χ4n) is 3.79. The first-order valence-electron chi connectivity index (χ1n) is 12.6. The molecular formula is C23H52O4Si2. The van der Waals surface area contributed by atoms with Gasteiger partial charge in [-0.25, -0.2) is 0 Å². The lowest BCUT2D eigenvalue weighted by Crippen LogP contribution is -2.44.